The Morgan fingerprint density at radius 1 is 1.50 bits per heavy atom. The zero-order valence-corrected chi connectivity index (χ0v) is 11.2. The van der Waals surface area contributed by atoms with E-state index in [1.54, 1.807) is 11.8 Å². The van der Waals surface area contributed by atoms with Gasteiger partial charge in [0, 0.05) is 13.1 Å². The van der Waals surface area contributed by atoms with Crippen LogP contribution in [-0.2, 0) is 4.79 Å². The number of carbonyl (C=O) groups excluding carboxylic acids is 1. The number of hydrogen-bond acceptors (Lipinski definition) is 3. The largest absolute Gasteiger partial charge is 0.395 e. The highest BCUT2D eigenvalue weighted by molar-refractivity contribution is 8.01. The number of rotatable bonds is 6. The van der Waals surface area contributed by atoms with E-state index in [9.17, 15) is 4.79 Å². The van der Waals surface area contributed by atoms with Gasteiger partial charge in [0.2, 0.25) is 5.91 Å². The third-order valence-electron chi connectivity index (χ3n) is 3.11. The highest BCUT2D eigenvalue weighted by atomic mass is 32.2. The van der Waals surface area contributed by atoms with Crippen molar-refractivity contribution in [2.24, 2.45) is 0 Å². The third kappa shape index (κ3) is 3.39. The Labute approximate surface area is 103 Å². The molecule has 1 unspecified atom stereocenters. The number of unbranched alkanes of at least 4 members (excludes halogenated alkanes) is 1. The Kier molecular flexibility index (Phi) is 5.62. The summed E-state index contributed by atoms with van der Waals surface area (Å²) in [5.74, 6) is 1.31. The summed E-state index contributed by atoms with van der Waals surface area (Å²) in [4.78, 5) is 14.2. The second-order valence-electron chi connectivity index (χ2n) is 4.55. The maximum atomic E-state index is 12.4. The zero-order valence-electron chi connectivity index (χ0n) is 10.4. The minimum absolute atomic E-state index is 0.0657. The molecular formula is C12H23NO2S. The van der Waals surface area contributed by atoms with Crippen LogP contribution in [0.5, 0.6) is 0 Å². The highest BCUT2D eigenvalue weighted by Crippen LogP contribution is 2.39. The quantitative estimate of drug-likeness (QED) is 0.777. The maximum Gasteiger partial charge on any atom is 0.238 e. The molecule has 0 bridgehead atoms. The van der Waals surface area contributed by atoms with Crippen molar-refractivity contribution in [1.29, 1.82) is 0 Å². The van der Waals surface area contributed by atoms with Gasteiger partial charge in [-0.05, 0) is 31.9 Å². The molecule has 0 spiro atoms. The second kappa shape index (κ2) is 6.50. The molecule has 1 amide bonds. The Balaban J connectivity index is 2.58. The van der Waals surface area contributed by atoms with Gasteiger partial charge in [-0.3, -0.25) is 4.79 Å². The first-order valence-corrected chi connectivity index (χ1v) is 7.17. The number of aliphatic hydroxyl groups excluding tert-OH is 1. The predicted molar refractivity (Wildman–Crippen MR) is 68.7 cm³/mol. The summed E-state index contributed by atoms with van der Waals surface area (Å²) < 4.78 is -0.233. The van der Waals surface area contributed by atoms with Crippen LogP contribution >= 0.6 is 11.8 Å². The van der Waals surface area contributed by atoms with E-state index < -0.39 is 0 Å². The van der Waals surface area contributed by atoms with Crippen molar-refractivity contribution >= 4 is 17.7 Å². The average molecular weight is 245 g/mol. The summed E-state index contributed by atoms with van der Waals surface area (Å²) in [5.41, 5.74) is 0. The van der Waals surface area contributed by atoms with Crippen LogP contribution in [0.1, 0.15) is 39.5 Å². The standard InChI is InChI=1S/C12H23NO2S/c1-3-4-7-13(8-9-14)11(15)12(2)6-5-10-16-12/h14H,3-10H2,1-2H3. The number of thioether (sulfide) groups is 1. The fourth-order valence-electron chi connectivity index (χ4n) is 2.07. The summed E-state index contributed by atoms with van der Waals surface area (Å²) in [6, 6.07) is 0. The zero-order chi connectivity index (χ0) is 12.0. The predicted octanol–water partition coefficient (Wildman–Crippen LogP) is 1.89. The van der Waals surface area contributed by atoms with Gasteiger partial charge in [0.1, 0.15) is 0 Å². The lowest BCUT2D eigenvalue weighted by atomic mass is 10.0. The summed E-state index contributed by atoms with van der Waals surface area (Å²) in [6.45, 7) is 5.49. The van der Waals surface area contributed by atoms with E-state index in [1.807, 2.05) is 11.8 Å². The number of hydrogen-bond donors (Lipinski definition) is 1. The molecule has 1 N–H and O–H groups in total. The minimum Gasteiger partial charge on any atom is -0.395 e. The van der Waals surface area contributed by atoms with Crippen LogP contribution in [0.2, 0.25) is 0 Å². The molecule has 4 heteroatoms. The van der Waals surface area contributed by atoms with Gasteiger partial charge in [-0.25, -0.2) is 0 Å². The molecule has 1 atom stereocenters. The Bertz CT molecular complexity index is 227. The summed E-state index contributed by atoms with van der Waals surface area (Å²) >= 11 is 1.77. The van der Waals surface area contributed by atoms with Gasteiger partial charge in [-0.1, -0.05) is 13.3 Å². The van der Waals surface area contributed by atoms with Crippen molar-refractivity contribution in [3.05, 3.63) is 0 Å². The van der Waals surface area contributed by atoms with Crippen LogP contribution in [-0.4, -0.2) is 46.1 Å². The van der Waals surface area contributed by atoms with E-state index in [-0.39, 0.29) is 17.3 Å². The van der Waals surface area contributed by atoms with Crippen LogP contribution in [0.3, 0.4) is 0 Å². The molecule has 0 saturated carbocycles. The van der Waals surface area contributed by atoms with Crippen molar-refractivity contribution in [2.45, 2.75) is 44.3 Å². The SMILES string of the molecule is CCCCN(CCO)C(=O)C1(C)CCCS1. The van der Waals surface area contributed by atoms with Crippen molar-refractivity contribution in [3.63, 3.8) is 0 Å². The lowest BCUT2D eigenvalue weighted by molar-refractivity contribution is -0.134. The molecular weight excluding hydrogens is 222 g/mol. The molecule has 3 nitrogen and oxygen atoms in total. The maximum absolute atomic E-state index is 12.4. The van der Waals surface area contributed by atoms with Gasteiger partial charge < -0.3 is 10.0 Å². The minimum atomic E-state index is -0.233. The lowest BCUT2D eigenvalue weighted by Gasteiger charge is -2.30. The molecule has 16 heavy (non-hydrogen) atoms. The van der Waals surface area contributed by atoms with Gasteiger partial charge in [-0.2, -0.15) is 0 Å². The third-order valence-corrected chi connectivity index (χ3v) is 4.62. The van der Waals surface area contributed by atoms with Gasteiger partial charge in [-0.15, -0.1) is 11.8 Å². The van der Waals surface area contributed by atoms with Crippen LogP contribution in [0.4, 0.5) is 0 Å². The molecule has 0 aromatic carbocycles. The highest BCUT2D eigenvalue weighted by Gasteiger charge is 2.39. The Morgan fingerprint density at radius 3 is 2.75 bits per heavy atom. The van der Waals surface area contributed by atoms with Crippen molar-refractivity contribution < 1.29 is 9.90 Å². The normalized spacial score (nSPS) is 24.7. The topological polar surface area (TPSA) is 40.5 Å². The van der Waals surface area contributed by atoms with Gasteiger partial charge >= 0.3 is 0 Å². The fourth-order valence-corrected chi connectivity index (χ4v) is 3.35. The van der Waals surface area contributed by atoms with Crippen LogP contribution in [0, 0.1) is 0 Å². The van der Waals surface area contributed by atoms with Crippen molar-refractivity contribution in [1.82, 2.24) is 4.90 Å². The van der Waals surface area contributed by atoms with Crippen LogP contribution < -0.4 is 0 Å². The summed E-state index contributed by atoms with van der Waals surface area (Å²) in [7, 11) is 0. The number of carbonyl (C=O) groups is 1. The summed E-state index contributed by atoms with van der Waals surface area (Å²) in [6.07, 6.45) is 4.21. The van der Waals surface area contributed by atoms with Crippen LogP contribution in [0.15, 0.2) is 0 Å². The molecule has 1 saturated heterocycles. The number of nitrogens with zero attached hydrogens (tertiary/aromatic N) is 1. The average Bonchev–Trinajstić information content (AvgIpc) is 2.72. The van der Waals surface area contributed by atoms with Gasteiger partial charge in [0.05, 0.1) is 11.4 Å². The smallest absolute Gasteiger partial charge is 0.238 e. The van der Waals surface area contributed by atoms with Crippen molar-refractivity contribution in [3.8, 4) is 0 Å². The molecule has 0 aliphatic carbocycles. The number of aliphatic hydroxyl groups is 1. The van der Waals surface area contributed by atoms with Crippen molar-refractivity contribution in [2.75, 3.05) is 25.4 Å². The molecule has 1 fully saturated rings. The van der Waals surface area contributed by atoms with E-state index in [0.717, 1.165) is 38.0 Å². The van der Waals surface area contributed by atoms with E-state index in [0.29, 0.717) is 6.54 Å². The second-order valence-corrected chi connectivity index (χ2v) is 6.15. The molecule has 1 heterocycles. The molecule has 0 aromatic heterocycles. The Morgan fingerprint density at radius 2 is 2.25 bits per heavy atom. The van der Waals surface area contributed by atoms with E-state index >= 15 is 0 Å². The molecule has 1 aliphatic rings. The number of amides is 1. The molecule has 94 valence electrons. The monoisotopic (exact) mass is 245 g/mol. The van der Waals surface area contributed by atoms with Gasteiger partial charge in [0.15, 0.2) is 0 Å². The molecule has 0 radical (unpaired) electrons. The van der Waals surface area contributed by atoms with E-state index in [1.165, 1.54) is 0 Å². The molecule has 1 aliphatic heterocycles. The Hall–Kier alpha value is -0.220. The molecule has 1 rings (SSSR count). The lowest BCUT2D eigenvalue weighted by Crippen LogP contribution is -2.45. The van der Waals surface area contributed by atoms with Gasteiger partial charge in [0.25, 0.3) is 0 Å². The molecule has 0 aromatic rings. The first kappa shape index (κ1) is 13.8. The van der Waals surface area contributed by atoms with Crippen LogP contribution in [0.25, 0.3) is 0 Å². The van der Waals surface area contributed by atoms with E-state index in [4.69, 9.17) is 5.11 Å². The van der Waals surface area contributed by atoms with E-state index in [2.05, 4.69) is 6.92 Å². The first-order chi connectivity index (χ1) is 7.64. The first-order valence-electron chi connectivity index (χ1n) is 6.18. The fraction of sp³-hybridized carbons (Fsp3) is 0.917. The summed E-state index contributed by atoms with van der Waals surface area (Å²) in [5, 5.41) is 9.01.